The van der Waals surface area contributed by atoms with Crippen molar-refractivity contribution >= 4 is 5.84 Å². The zero-order valence-corrected chi connectivity index (χ0v) is 14.4. The maximum Gasteiger partial charge on any atom is 0.129 e. The first-order chi connectivity index (χ1) is 11.6. The molecule has 126 valence electrons. The molecule has 2 aliphatic heterocycles. The van der Waals surface area contributed by atoms with Crippen molar-refractivity contribution in [1.29, 1.82) is 0 Å². The molecule has 0 aromatic carbocycles. The van der Waals surface area contributed by atoms with E-state index in [0.717, 1.165) is 24.2 Å². The average molecular weight is 324 g/mol. The molecule has 0 spiro atoms. The van der Waals surface area contributed by atoms with Gasteiger partial charge in [0.1, 0.15) is 5.84 Å². The highest BCUT2D eigenvalue weighted by Crippen LogP contribution is 2.43. The van der Waals surface area contributed by atoms with Gasteiger partial charge in [-0.2, -0.15) is 10.2 Å². The Balaban J connectivity index is 1.83. The van der Waals surface area contributed by atoms with Crippen molar-refractivity contribution < 1.29 is 0 Å². The van der Waals surface area contributed by atoms with Crippen LogP contribution in [0.4, 0.5) is 0 Å². The first-order valence-electron chi connectivity index (χ1n) is 8.59. The van der Waals surface area contributed by atoms with Crippen LogP contribution in [0.3, 0.4) is 0 Å². The van der Waals surface area contributed by atoms with E-state index >= 15 is 0 Å². The summed E-state index contributed by atoms with van der Waals surface area (Å²) < 4.78 is 0. The van der Waals surface area contributed by atoms with E-state index < -0.39 is 0 Å². The number of aromatic amines is 1. The molecule has 6 heteroatoms. The van der Waals surface area contributed by atoms with Crippen LogP contribution in [0.5, 0.6) is 0 Å². The first-order valence-corrected chi connectivity index (χ1v) is 8.59. The van der Waals surface area contributed by atoms with Crippen molar-refractivity contribution in [3.05, 3.63) is 52.0 Å². The van der Waals surface area contributed by atoms with Gasteiger partial charge in [0.2, 0.25) is 0 Å². The summed E-state index contributed by atoms with van der Waals surface area (Å²) in [7, 11) is 0. The van der Waals surface area contributed by atoms with Crippen LogP contribution < -0.4 is 16.5 Å². The largest absolute Gasteiger partial charge is 0.385 e. The number of rotatable bonds is 3. The quantitative estimate of drug-likeness (QED) is 0.686. The van der Waals surface area contributed by atoms with Crippen LogP contribution in [0.2, 0.25) is 0 Å². The number of aryl methyl sites for hydroxylation is 1. The van der Waals surface area contributed by atoms with Crippen molar-refractivity contribution in [1.82, 2.24) is 20.9 Å². The molecule has 6 nitrogen and oxygen atoms in total. The molecule has 4 rings (SSSR count). The Morgan fingerprint density at radius 2 is 2.12 bits per heavy atom. The van der Waals surface area contributed by atoms with E-state index in [1.54, 1.807) is 0 Å². The van der Waals surface area contributed by atoms with Crippen LogP contribution in [0, 0.1) is 12.8 Å². The second-order valence-corrected chi connectivity index (χ2v) is 6.78. The van der Waals surface area contributed by atoms with Gasteiger partial charge in [-0.25, -0.2) is 0 Å². The van der Waals surface area contributed by atoms with Crippen LogP contribution in [0.1, 0.15) is 44.0 Å². The van der Waals surface area contributed by atoms with Crippen LogP contribution in [0.25, 0.3) is 0 Å². The number of nitrogens with zero attached hydrogens (tertiary/aromatic N) is 2. The smallest absolute Gasteiger partial charge is 0.129 e. The number of hydrazone groups is 1. The molecule has 0 saturated heterocycles. The lowest BCUT2D eigenvalue weighted by Gasteiger charge is -2.37. The highest BCUT2D eigenvalue weighted by atomic mass is 15.4. The fourth-order valence-electron chi connectivity index (χ4n) is 4.13. The van der Waals surface area contributed by atoms with Crippen LogP contribution in [-0.2, 0) is 0 Å². The fourth-order valence-corrected chi connectivity index (χ4v) is 4.13. The fraction of sp³-hybridized carbons (Fsp3) is 0.444. The zero-order valence-electron chi connectivity index (χ0n) is 14.4. The predicted octanol–water partition coefficient (Wildman–Crippen LogP) is 2.16. The van der Waals surface area contributed by atoms with E-state index in [1.165, 1.54) is 22.3 Å². The number of hydrogen-bond donors (Lipinski definition) is 4. The van der Waals surface area contributed by atoms with Crippen LogP contribution >= 0.6 is 0 Å². The topological polar surface area (TPSA) is 91.1 Å². The van der Waals surface area contributed by atoms with E-state index in [2.05, 4.69) is 59.0 Å². The zero-order chi connectivity index (χ0) is 16.8. The van der Waals surface area contributed by atoms with E-state index in [0.29, 0.717) is 5.84 Å². The molecular weight excluding hydrogens is 300 g/mol. The second kappa shape index (κ2) is 5.54. The summed E-state index contributed by atoms with van der Waals surface area (Å²) in [4.78, 5) is 0. The standard InChI is InChI=1S/C18H24N6/c1-4-5-11-9(2)15-13(6-7-14-16(15)18(19)24-23-14)21-17(11)12-8-20-22-10(12)3/h6-8,14,16-17,21,23H,4-5H2,1-3H3,(H2,19,24)(H,20,22). The van der Waals surface area contributed by atoms with Crippen molar-refractivity contribution in [2.75, 3.05) is 0 Å². The minimum Gasteiger partial charge on any atom is -0.385 e. The molecule has 1 aliphatic carbocycles. The van der Waals surface area contributed by atoms with Crippen molar-refractivity contribution in [2.45, 2.75) is 45.7 Å². The number of amidine groups is 1. The van der Waals surface area contributed by atoms with Gasteiger partial charge in [-0.15, -0.1) is 0 Å². The third-order valence-corrected chi connectivity index (χ3v) is 5.33. The number of H-pyrrole nitrogens is 1. The lowest BCUT2D eigenvalue weighted by atomic mass is 9.76. The molecule has 1 aromatic rings. The normalized spacial score (nSPS) is 28.3. The van der Waals surface area contributed by atoms with Gasteiger partial charge in [0.15, 0.2) is 0 Å². The van der Waals surface area contributed by atoms with Crippen LogP contribution in [-0.4, -0.2) is 22.1 Å². The summed E-state index contributed by atoms with van der Waals surface area (Å²) >= 11 is 0. The van der Waals surface area contributed by atoms with Crippen LogP contribution in [0.15, 0.2) is 45.9 Å². The van der Waals surface area contributed by atoms with Crippen molar-refractivity contribution in [2.24, 2.45) is 16.8 Å². The lowest BCUT2D eigenvalue weighted by molar-refractivity contribution is 0.556. The third-order valence-electron chi connectivity index (χ3n) is 5.33. The van der Waals surface area contributed by atoms with Crippen molar-refractivity contribution in [3.63, 3.8) is 0 Å². The Hall–Kier alpha value is -2.50. The van der Waals surface area contributed by atoms with Crippen molar-refractivity contribution in [3.8, 4) is 0 Å². The summed E-state index contributed by atoms with van der Waals surface area (Å²) in [5.41, 5.74) is 16.9. The number of nitrogens with two attached hydrogens (primary N) is 1. The molecule has 3 atom stereocenters. The van der Waals surface area contributed by atoms with Gasteiger partial charge < -0.3 is 16.5 Å². The molecule has 0 amide bonds. The van der Waals surface area contributed by atoms with Gasteiger partial charge >= 0.3 is 0 Å². The lowest BCUT2D eigenvalue weighted by Crippen LogP contribution is -2.40. The molecule has 0 fully saturated rings. The van der Waals surface area contributed by atoms with Gasteiger partial charge in [-0.05, 0) is 43.1 Å². The summed E-state index contributed by atoms with van der Waals surface area (Å²) in [6.07, 6.45) is 8.40. The molecule has 1 aromatic heterocycles. The van der Waals surface area contributed by atoms with E-state index in [1.807, 2.05) is 6.20 Å². The molecule has 0 bridgehead atoms. The van der Waals surface area contributed by atoms with Gasteiger partial charge in [-0.3, -0.25) is 5.10 Å². The SMILES string of the molecule is CCCC1=C(C)C2=C(C=CC3NN=C(N)C23)NC1c1cn[nH]c1C. The molecule has 0 radical (unpaired) electrons. The van der Waals surface area contributed by atoms with Gasteiger partial charge in [0.05, 0.1) is 24.2 Å². The predicted molar refractivity (Wildman–Crippen MR) is 95.0 cm³/mol. The Bertz CT molecular complexity index is 794. The monoisotopic (exact) mass is 324 g/mol. The second-order valence-electron chi connectivity index (χ2n) is 6.78. The molecule has 3 unspecified atom stereocenters. The number of fused-ring (bicyclic) bond motifs is 2. The molecular formula is C18H24N6. The average Bonchev–Trinajstić information content (AvgIpc) is 3.16. The molecule has 0 saturated carbocycles. The van der Waals surface area contributed by atoms with E-state index in [-0.39, 0.29) is 18.0 Å². The molecule has 5 N–H and O–H groups in total. The summed E-state index contributed by atoms with van der Waals surface area (Å²) in [6, 6.07) is 0.326. The summed E-state index contributed by atoms with van der Waals surface area (Å²) in [5, 5.41) is 15.3. The van der Waals surface area contributed by atoms with Gasteiger partial charge in [0, 0.05) is 17.0 Å². The summed E-state index contributed by atoms with van der Waals surface area (Å²) in [6.45, 7) is 6.52. The highest BCUT2D eigenvalue weighted by molar-refractivity contribution is 5.90. The Morgan fingerprint density at radius 3 is 2.83 bits per heavy atom. The number of nitrogens with one attached hydrogen (secondary N) is 3. The number of dihydropyridines is 1. The van der Waals surface area contributed by atoms with E-state index in [4.69, 9.17) is 5.73 Å². The van der Waals surface area contributed by atoms with E-state index in [9.17, 15) is 0 Å². The van der Waals surface area contributed by atoms with Gasteiger partial charge in [0.25, 0.3) is 0 Å². The summed E-state index contributed by atoms with van der Waals surface area (Å²) in [5.74, 6) is 0.794. The minimum atomic E-state index is 0.121. The Morgan fingerprint density at radius 1 is 1.29 bits per heavy atom. The van der Waals surface area contributed by atoms with Gasteiger partial charge in [-0.1, -0.05) is 19.4 Å². The highest BCUT2D eigenvalue weighted by Gasteiger charge is 2.40. The Labute approximate surface area is 142 Å². The molecule has 3 heterocycles. The number of aromatic nitrogens is 2. The maximum atomic E-state index is 6.19. The number of allylic oxidation sites excluding steroid dienone is 2. The first kappa shape index (κ1) is 15.1. The maximum absolute atomic E-state index is 6.19. The Kier molecular flexibility index (Phi) is 3.48. The third kappa shape index (κ3) is 2.09. The minimum absolute atomic E-state index is 0.121. The number of hydrogen-bond acceptors (Lipinski definition) is 5. The molecule has 24 heavy (non-hydrogen) atoms. The molecule has 3 aliphatic rings.